The van der Waals surface area contributed by atoms with Gasteiger partial charge in [-0.1, -0.05) is 55.9 Å². The predicted octanol–water partition coefficient (Wildman–Crippen LogP) is 2.27. The molecule has 2 aromatic rings. The molecule has 1 N–H and O–H groups in total. The third kappa shape index (κ3) is 4.14. The Hall–Kier alpha value is -1.89. The minimum absolute atomic E-state index is 0.0290. The van der Waals surface area contributed by atoms with E-state index in [9.17, 15) is 4.79 Å². The lowest BCUT2D eigenvalue weighted by molar-refractivity contribution is -0.118. The molecule has 1 aliphatic rings. The summed E-state index contributed by atoms with van der Waals surface area (Å²) in [5, 5.41) is 15.4. The van der Waals surface area contributed by atoms with Crippen LogP contribution in [0.2, 0.25) is 0 Å². The molecular formula is C17H23N5OS. The van der Waals surface area contributed by atoms with Gasteiger partial charge in [0.05, 0.1) is 5.75 Å². The second-order valence-electron chi connectivity index (χ2n) is 6.75. The Morgan fingerprint density at radius 1 is 1.33 bits per heavy atom. The molecule has 6 nitrogen and oxygen atoms in total. The van der Waals surface area contributed by atoms with Gasteiger partial charge in [0.25, 0.3) is 0 Å². The maximum absolute atomic E-state index is 12.2. The minimum Gasteiger partial charge on any atom is -0.354 e. The van der Waals surface area contributed by atoms with Crippen molar-refractivity contribution in [2.24, 2.45) is 5.92 Å². The molecule has 1 heterocycles. The molecule has 7 heteroatoms. The first-order valence-electron chi connectivity index (χ1n) is 8.30. The average Bonchev–Trinajstić information content (AvgIpc) is 3.25. The third-order valence-corrected chi connectivity index (χ3v) is 5.19. The van der Waals surface area contributed by atoms with Crippen LogP contribution in [0.5, 0.6) is 0 Å². The van der Waals surface area contributed by atoms with Crippen molar-refractivity contribution in [2.45, 2.75) is 43.8 Å². The number of hydrogen-bond donors (Lipinski definition) is 1. The summed E-state index contributed by atoms with van der Waals surface area (Å²) in [5.41, 5.74) is 1.46. The van der Waals surface area contributed by atoms with Gasteiger partial charge in [0.15, 0.2) is 0 Å². The van der Waals surface area contributed by atoms with E-state index in [1.54, 1.807) is 4.68 Å². The summed E-state index contributed by atoms with van der Waals surface area (Å²) >= 11 is 1.39. The fourth-order valence-corrected chi connectivity index (χ4v) is 3.44. The summed E-state index contributed by atoms with van der Waals surface area (Å²) in [5.74, 6) is 0.826. The number of carbonyl (C=O) groups is 1. The molecule has 1 saturated carbocycles. The Kier molecular flexibility index (Phi) is 5.18. The van der Waals surface area contributed by atoms with E-state index >= 15 is 0 Å². The molecule has 0 bridgehead atoms. The Morgan fingerprint density at radius 2 is 2.08 bits per heavy atom. The second kappa shape index (κ2) is 7.34. The van der Waals surface area contributed by atoms with Gasteiger partial charge < -0.3 is 5.32 Å². The number of hydrogen-bond acceptors (Lipinski definition) is 5. The lowest BCUT2D eigenvalue weighted by Gasteiger charge is -2.16. The van der Waals surface area contributed by atoms with E-state index in [-0.39, 0.29) is 11.3 Å². The largest absolute Gasteiger partial charge is 0.354 e. The number of thioether (sulfide) groups is 1. The monoisotopic (exact) mass is 345 g/mol. The topological polar surface area (TPSA) is 72.7 Å². The van der Waals surface area contributed by atoms with Gasteiger partial charge in [-0.2, -0.15) is 0 Å². The number of tetrazole rings is 1. The van der Waals surface area contributed by atoms with Crippen LogP contribution in [-0.4, -0.2) is 38.4 Å². The van der Waals surface area contributed by atoms with Gasteiger partial charge in [0.1, 0.15) is 0 Å². The van der Waals surface area contributed by atoms with E-state index in [0.717, 1.165) is 19.4 Å². The van der Waals surface area contributed by atoms with E-state index in [1.807, 2.05) is 6.07 Å². The summed E-state index contributed by atoms with van der Waals surface area (Å²) in [4.78, 5) is 12.2. The molecule has 0 atom stereocenters. The maximum atomic E-state index is 12.2. The van der Waals surface area contributed by atoms with Crippen molar-refractivity contribution < 1.29 is 4.79 Å². The van der Waals surface area contributed by atoms with Crippen molar-refractivity contribution in [3.05, 3.63) is 35.9 Å². The summed E-state index contributed by atoms with van der Waals surface area (Å²) in [6.07, 6.45) is 2.27. The van der Waals surface area contributed by atoms with Crippen LogP contribution in [0.4, 0.5) is 0 Å². The molecule has 3 rings (SSSR count). The van der Waals surface area contributed by atoms with Crippen molar-refractivity contribution >= 4 is 17.7 Å². The first kappa shape index (κ1) is 17.0. The number of nitrogens with one attached hydrogen (secondary N) is 1. The quantitative estimate of drug-likeness (QED) is 0.743. The third-order valence-electron chi connectivity index (χ3n) is 4.23. The SMILES string of the molecule is CC(C)Cn1nnnc1SCC(=O)NCC1(c2ccccc2)CC1. The Morgan fingerprint density at radius 3 is 2.75 bits per heavy atom. The van der Waals surface area contributed by atoms with Gasteiger partial charge in [0, 0.05) is 18.5 Å². The zero-order valence-electron chi connectivity index (χ0n) is 14.1. The van der Waals surface area contributed by atoms with Crippen LogP contribution in [0.25, 0.3) is 0 Å². The molecule has 1 aromatic heterocycles. The fourth-order valence-electron chi connectivity index (χ4n) is 2.72. The molecule has 0 saturated heterocycles. The normalized spacial score (nSPS) is 15.5. The van der Waals surface area contributed by atoms with Crippen LogP contribution in [0.15, 0.2) is 35.5 Å². The Bertz CT molecular complexity index is 681. The number of carbonyl (C=O) groups excluding carboxylic acids is 1. The molecule has 1 aromatic carbocycles. The molecule has 0 unspecified atom stereocenters. The van der Waals surface area contributed by atoms with Gasteiger partial charge in [-0.3, -0.25) is 4.79 Å². The zero-order chi connectivity index (χ0) is 17.0. The van der Waals surface area contributed by atoms with Crippen molar-refractivity contribution in [1.82, 2.24) is 25.5 Å². The molecule has 1 aliphatic carbocycles. The highest BCUT2D eigenvalue weighted by atomic mass is 32.2. The molecule has 1 amide bonds. The molecule has 0 radical (unpaired) electrons. The van der Waals surface area contributed by atoms with E-state index < -0.39 is 0 Å². The summed E-state index contributed by atoms with van der Waals surface area (Å²) in [7, 11) is 0. The fraction of sp³-hybridized carbons (Fsp3) is 0.529. The first-order valence-corrected chi connectivity index (χ1v) is 9.29. The van der Waals surface area contributed by atoms with Gasteiger partial charge in [-0.25, -0.2) is 4.68 Å². The zero-order valence-corrected chi connectivity index (χ0v) is 14.9. The smallest absolute Gasteiger partial charge is 0.230 e. The number of benzene rings is 1. The molecule has 0 aliphatic heterocycles. The predicted molar refractivity (Wildman–Crippen MR) is 93.7 cm³/mol. The number of nitrogens with zero attached hydrogens (tertiary/aromatic N) is 4. The molecular weight excluding hydrogens is 322 g/mol. The van der Waals surface area contributed by atoms with Crippen molar-refractivity contribution in [2.75, 3.05) is 12.3 Å². The highest BCUT2D eigenvalue weighted by Gasteiger charge is 2.44. The summed E-state index contributed by atoms with van der Waals surface area (Å²) < 4.78 is 1.76. The van der Waals surface area contributed by atoms with Gasteiger partial charge in [-0.05, 0) is 34.7 Å². The maximum Gasteiger partial charge on any atom is 0.230 e. The molecule has 1 fully saturated rings. The Balaban J connectivity index is 1.48. The van der Waals surface area contributed by atoms with E-state index in [0.29, 0.717) is 23.4 Å². The van der Waals surface area contributed by atoms with Gasteiger partial charge in [-0.15, -0.1) is 5.10 Å². The minimum atomic E-state index is 0.0290. The van der Waals surface area contributed by atoms with Crippen LogP contribution < -0.4 is 5.32 Å². The summed E-state index contributed by atoms with van der Waals surface area (Å²) in [6.45, 7) is 5.68. The van der Waals surface area contributed by atoms with Crippen LogP contribution in [-0.2, 0) is 16.8 Å². The van der Waals surface area contributed by atoms with E-state index in [4.69, 9.17) is 0 Å². The standard InChI is InChI=1S/C17H23N5OS/c1-13(2)10-22-16(19-20-21-22)24-11-15(23)18-12-17(8-9-17)14-6-4-3-5-7-14/h3-7,13H,8-12H2,1-2H3,(H,18,23). The molecule has 24 heavy (non-hydrogen) atoms. The molecule has 0 spiro atoms. The van der Waals surface area contributed by atoms with Crippen molar-refractivity contribution in [1.29, 1.82) is 0 Å². The number of rotatable bonds is 8. The lowest BCUT2D eigenvalue weighted by atomic mass is 9.96. The highest BCUT2D eigenvalue weighted by molar-refractivity contribution is 7.99. The lowest BCUT2D eigenvalue weighted by Crippen LogP contribution is -2.33. The van der Waals surface area contributed by atoms with Crippen LogP contribution in [0, 0.1) is 5.92 Å². The van der Waals surface area contributed by atoms with Crippen LogP contribution in [0.3, 0.4) is 0 Å². The number of aromatic nitrogens is 4. The van der Waals surface area contributed by atoms with Crippen molar-refractivity contribution in [3.8, 4) is 0 Å². The van der Waals surface area contributed by atoms with Crippen LogP contribution in [0.1, 0.15) is 32.3 Å². The second-order valence-corrected chi connectivity index (χ2v) is 7.69. The number of amides is 1. The van der Waals surface area contributed by atoms with Gasteiger partial charge in [0.2, 0.25) is 11.1 Å². The van der Waals surface area contributed by atoms with Crippen LogP contribution >= 0.6 is 11.8 Å². The van der Waals surface area contributed by atoms with E-state index in [2.05, 4.69) is 59.0 Å². The summed E-state index contributed by atoms with van der Waals surface area (Å²) in [6, 6.07) is 10.4. The first-order chi connectivity index (χ1) is 11.6. The van der Waals surface area contributed by atoms with Gasteiger partial charge >= 0.3 is 0 Å². The Labute approximate surface area is 146 Å². The molecule has 128 valence electrons. The average molecular weight is 345 g/mol. The van der Waals surface area contributed by atoms with Crippen molar-refractivity contribution in [3.63, 3.8) is 0 Å². The van der Waals surface area contributed by atoms with E-state index in [1.165, 1.54) is 17.3 Å². The highest BCUT2D eigenvalue weighted by Crippen LogP contribution is 2.47.